The fourth-order valence-corrected chi connectivity index (χ4v) is 2.71. The maximum atomic E-state index is 12.3. The highest BCUT2D eigenvalue weighted by Gasteiger charge is 2.22. The van der Waals surface area contributed by atoms with Crippen molar-refractivity contribution in [2.75, 3.05) is 39.3 Å². The number of carboxylic acids is 1. The standard InChI is InChI=1S/C16H20ClN3O4/c17-13-4-2-1-3-12(13)9-15(22)20-7-5-19(6-8-20)11-14(21)18-10-16(23)24/h1-4H,5-11H2,(H,18,21)(H,23,24). The van der Waals surface area contributed by atoms with Crippen molar-refractivity contribution in [2.45, 2.75) is 6.42 Å². The molecule has 0 unspecified atom stereocenters. The molecule has 1 heterocycles. The second-order valence-corrected chi connectivity index (χ2v) is 6.00. The molecule has 0 atom stereocenters. The van der Waals surface area contributed by atoms with Crippen LogP contribution in [0.5, 0.6) is 0 Å². The third-order valence-electron chi connectivity index (χ3n) is 3.83. The van der Waals surface area contributed by atoms with E-state index in [1.54, 1.807) is 11.0 Å². The van der Waals surface area contributed by atoms with Gasteiger partial charge in [0.25, 0.3) is 0 Å². The Kier molecular flexibility index (Phi) is 6.57. The summed E-state index contributed by atoms with van der Waals surface area (Å²) >= 11 is 6.07. The van der Waals surface area contributed by atoms with Crippen molar-refractivity contribution in [3.8, 4) is 0 Å². The molecule has 0 saturated carbocycles. The van der Waals surface area contributed by atoms with E-state index in [4.69, 9.17) is 16.7 Å². The van der Waals surface area contributed by atoms with E-state index in [1.807, 2.05) is 23.1 Å². The van der Waals surface area contributed by atoms with E-state index in [9.17, 15) is 14.4 Å². The number of halogens is 1. The molecule has 1 aromatic rings. The molecular formula is C16H20ClN3O4. The molecular weight excluding hydrogens is 334 g/mol. The van der Waals surface area contributed by atoms with Crippen LogP contribution in [-0.4, -0.2) is 72.0 Å². The summed E-state index contributed by atoms with van der Waals surface area (Å²) in [6, 6.07) is 7.27. The molecule has 1 aliphatic rings. The molecule has 7 nitrogen and oxygen atoms in total. The summed E-state index contributed by atoms with van der Waals surface area (Å²) in [6.45, 7) is 1.99. The molecule has 1 aliphatic heterocycles. The van der Waals surface area contributed by atoms with Gasteiger partial charge >= 0.3 is 5.97 Å². The second kappa shape index (κ2) is 8.65. The number of amides is 2. The molecule has 0 spiro atoms. The van der Waals surface area contributed by atoms with Crippen LogP contribution < -0.4 is 5.32 Å². The van der Waals surface area contributed by atoms with Gasteiger partial charge in [0.1, 0.15) is 6.54 Å². The maximum absolute atomic E-state index is 12.3. The Balaban J connectivity index is 1.76. The van der Waals surface area contributed by atoms with Crippen LogP contribution >= 0.6 is 11.6 Å². The number of rotatable bonds is 6. The van der Waals surface area contributed by atoms with Crippen LogP contribution in [0.2, 0.25) is 5.02 Å². The van der Waals surface area contributed by atoms with E-state index in [0.717, 1.165) is 5.56 Å². The topological polar surface area (TPSA) is 89.9 Å². The number of nitrogens with one attached hydrogen (secondary N) is 1. The van der Waals surface area contributed by atoms with Gasteiger partial charge in [-0.1, -0.05) is 29.8 Å². The van der Waals surface area contributed by atoms with Crippen LogP contribution in [-0.2, 0) is 20.8 Å². The highest BCUT2D eigenvalue weighted by molar-refractivity contribution is 6.31. The SMILES string of the molecule is O=C(O)CNC(=O)CN1CCN(C(=O)Cc2ccccc2Cl)CC1. The smallest absolute Gasteiger partial charge is 0.322 e. The van der Waals surface area contributed by atoms with E-state index < -0.39 is 5.97 Å². The Morgan fingerprint density at radius 2 is 1.79 bits per heavy atom. The summed E-state index contributed by atoms with van der Waals surface area (Å²) in [5, 5.41) is 11.4. The first-order chi connectivity index (χ1) is 11.5. The fraction of sp³-hybridized carbons (Fsp3) is 0.438. The van der Waals surface area contributed by atoms with Crippen molar-refractivity contribution in [2.24, 2.45) is 0 Å². The highest BCUT2D eigenvalue weighted by atomic mass is 35.5. The van der Waals surface area contributed by atoms with Crippen LogP contribution in [0.4, 0.5) is 0 Å². The largest absolute Gasteiger partial charge is 0.480 e. The van der Waals surface area contributed by atoms with E-state index >= 15 is 0 Å². The molecule has 2 N–H and O–H groups in total. The normalized spacial score (nSPS) is 15.1. The van der Waals surface area contributed by atoms with Crippen LogP contribution in [0.1, 0.15) is 5.56 Å². The van der Waals surface area contributed by atoms with Crippen LogP contribution in [0.15, 0.2) is 24.3 Å². The van der Waals surface area contributed by atoms with Gasteiger partial charge in [0.05, 0.1) is 13.0 Å². The van der Waals surface area contributed by atoms with Gasteiger partial charge in [0, 0.05) is 31.2 Å². The summed E-state index contributed by atoms with van der Waals surface area (Å²) < 4.78 is 0. The Bertz CT molecular complexity index is 615. The van der Waals surface area contributed by atoms with Gasteiger partial charge in [-0.05, 0) is 11.6 Å². The maximum Gasteiger partial charge on any atom is 0.322 e. The molecule has 8 heteroatoms. The highest BCUT2D eigenvalue weighted by Crippen LogP contribution is 2.16. The summed E-state index contributed by atoms with van der Waals surface area (Å²) in [6.07, 6.45) is 0.263. The van der Waals surface area contributed by atoms with Crippen molar-refractivity contribution in [3.63, 3.8) is 0 Å². The molecule has 0 aromatic heterocycles. The number of benzene rings is 1. The van der Waals surface area contributed by atoms with Gasteiger partial charge in [-0.25, -0.2) is 0 Å². The zero-order chi connectivity index (χ0) is 17.5. The lowest BCUT2D eigenvalue weighted by atomic mass is 10.1. The van der Waals surface area contributed by atoms with Crippen LogP contribution in [0, 0.1) is 0 Å². The Labute approximate surface area is 145 Å². The lowest BCUT2D eigenvalue weighted by molar-refractivity contribution is -0.138. The summed E-state index contributed by atoms with van der Waals surface area (Å²) in [5.41, 5.74) is 0.805. The van der Waals surface area contributed by atoms with Gasteiger partial charge in [-0.15, -0.1) is 0 Å². The summed E-state index contributed by atoms with van der Waals surface area (Å²) in [4.78, 5) is 38.0. The minimum Gasteiger partial charge on any atom is -0.480 e. The minimum atomic E-state index is -1.07. The predicted molar refractivity (Wildman–Crippen MR) is 88.8 cm³/mol. The van der Waals surface area contributed by atoms with Crippen LogP contribution in [0.3, 0.4) is 0 Å². The Hall–Kier alpha value is -2.12. The molecule has 130 valence electrons. The van der Waals surface area contributed by atoms with Gasteiger partial charge in [0.2, 0.25) is 11.8 Å². The molecule has 0 aliphatic carbocycles. The first-order valence-corrected chi connectivity index (χ1v) is 8.05. The number of carbonyl (C=O) groups is 3. The fourth-order valence-electron chi connectivity index (χ4n) is 2.51. The van der Waals surface area contributed by atoms with Crippen molar-refractivity contribution < 1.29 is 19.5 Å². The van der Waals surface area contributed by atoms with Crippen LogP contribution in [0.25, 0.3) is 0 Å². The van der Waals surface area contributed by atoms with E-state index in [2.05, 4.69) is 5.32 Å². The lowest BCUT2D eigenvalue weighted by Gasteiger charge is -2.34. The third-order valence-corrected chi connectivity index (χ3v) is 4.20. The van der Waals surface area contributed by atoms with Crippen molar-refractivity contribution in [1.82, 2.24) is 15.1 Å². The molecule has 2 rings (SSSR count). The van der Waals surface area contributed by atoms with Crippen molar-refractivity contribution >= 4 is 29.4 Å². The van der Waals surface area contributed by atoms with Crippen molar-refractivity contribution in [3.05, 3.63) is 34.9 Å². The average molecular weight is 354 g/mol. The summed E-state index contributed by atoms with van der Waals surface area (Å²) in [7, 11) is 0. The first-order valence-electron chi connectivity index (χ1n) is 7.67. The molecule has 24 heavy (non-hydrogen) atoms. The molecule has 1 fully saturated rings. The lowest BCUT2D eigenvalue weighted by Crippen LogP contribution is -2.51. The Morgan fingerprint density at radius 3 is 2.42 bits per heavy atom. The second-order valence-electron chi connectivity index (χ2n) is 5.60. The monoisotopic (exact) mass is 353 g/mol. The number of carbonyl (C=O) groups excluding carboxylic acids is 2. The zero-order valence-electron chi connectivity index (χ0n) is 13.2. The molecule has 0 radical (unpaired) electrons. The van der Waals surface area contributed by atoms with Gasteiger partial charge < -0.3 is 15.3 Å². The van der Waals surface area contributed by atoms with E-state index in [1.165, 1.54) is 0 Å². The zero-order valence-corrected chi connectivity index (χ0v) is 14.0. The van der Waals surface area contributed by atoms with Gasteiger partial charge in [0.15, 0.2) is 0 Å². The van der Waals surface area contributed by atoms with Gasteiger partial charge in [-0.3, -0.25) is 19.3 Å². The molecule has 2 amide bonds. The molecule has 1 aromatic carbocycles. The summed E-state index contributed by atoms with van der Waals surface area (Å²) in [5.74, 6) is -1.38. The molecule has 1 saturated heterocycles. The Morgan fingerprint density at radius 1 is 1.12 bits per heavy atom. The van der Waals surface area contributed by atoms with Gasteiger partial charge in [-0.2, -0.15) is 0 Å². The number of piperazine rings is 1. The average Bonchev–Trinajstić information content (AvgIpc) is 2.55. The first kappa shape index (κ1) is 18.2. The number of aliphatic carboxylic acids is 1. The van der Waals surface area contributed by atoms with Crippen molar-refractivity contribution in [1.29, 1.82) is 0 Å². The van der Waals surface area contributed by atoms with E-state index in [0.29, 0.717) is 31.2 Å². The third kappa shape index (κ3) is 5.50. The number of hydrogen-bond acceptors (Lipinski definition) is 4. The van der Waals surface area contributed by atoms with E-state index in [-0.39, 0.29) is 31.3 Å². The molecule has 0 bridgehead atoms. The quantitative estimate of drug-likeness (QED) is 0.764. The predicted octanol–water partition coefficient (Wildman–Crippen LogP) is 0.228. The number of hydrogen-bond donors (Lipinski definition) is 2. The minimum absolute atomic E-state index is 0.0121. The number of carboxylic acid groups (broad SMARTS) is 1. The number of nitrogens with zero attached hydrogens (tertiary/aromatic N) is 2.